The van der Waals surface area contributed by atoms with E-state index in [1.54, 1.807) is 0 Å². The number of aryl methyl sites for hydroxylation is 2. The van der Waals surface area contributed by atoms with E-state index in [1.165, 1.54) is 21.3 Å². The molecule has 0 radical (unpaired) electrons. The van der Waals surface area contributed by atoms with Gasteiger partial charge in [0.25, 0.3) is 0 Å². The van der Waals surface area contributed by atoms with Gasteiger partial charge < -0.3 is 4.90 Å². The number of hydrogen-bond acceptors (Lipinski definition) is 1. The minimum atomic E-state index is 1.04. The minimum absolute atomic E-state index is 1.04. The van der Waals surface area contributed by atoms with Gasteiger partial charge in [-0.15, -0.1) is 0 Å². The van der Waals surface area contributed by atoms with Gasteiger partial charge in [0.1, 0.15) is 0 Å². The van der Waals surface area contributed by atoms with E-state index < -0.39 is 0 Å². The van der Waals surface area contributed by atoms with E-state index in [-0.39, 0.29) is 0 Å². The Bertz CT molecular complexity index is 351. The monoisotopic (exact) mass is 251 g/mol. The molecular weight excluding hydrogens is 238 g/mol. The van der Waals surface area contributed by atoms with Gasteiger partial charge in [0.05, 0.1) is 0 Å². The van der Waals surface area contributed by atoms with Gasteiger partial charge in [-0.1, -0.05) is 28.1 Å². The summed E-state index contributed by atoms with van der Waals surface area (Å²) in [6, 6.07) is 4.36. The average Bonchev–Trinajstić information content (AvgIpc) is 2.54. The Morgan fingerprint density at radius 1 is 1.07 bits per heavy atom. The lowest BCUT2D eigenvalue weighted by atomic mass is 10.1. The van der Waals surface area contributed by atoms with Crippen molar-refractivity contribution in [2.45, 2.75) is 13.8 Å². The van der Waals surface area contributed by atoms with Crippen LogP contribution in [-0.2, 0) is 0 Å². The molecule has 1 heterocycles. The SMILES string of the molecule is Cc1cc(Br)cc(C)c1N1CC=CC1. The molecular formula is C12H14BrN. The molecule has 14 heavy (non-hydrogen) atoms. The molecule has 0 saturated heterocycles. The fourth-order valence-corrected chi connectivity index (χ4v) is 2.75. The van der Waals surface area contributed by atoms with E-state index in [4.69, 9.17) is 0 Å². The van der Waals surface area contributed by atoms with Gasteiger partial charge >= 0.3 is 0 Å². The Kier molecular flexibility index (Phi) is 2.64. The third kappa shape index (κ3) is 1.71. The molecule has 0 N–H and O–H groups in total. The Morgan fingerprint density at radius 3 is 2.07 bits per heavy atom. The molecule has 0 fully saturated rings. The molecule has 74 valence electrons. The topological polar surface area (TPSA) is 3.24 Å². The van der Waals surface area contributed by atoms with E-state index in [0.29, 0.717) is 0 Å². The van der Waals surface area contributed by atoms with Crippen LogP contribution in [0, 0.1) is 13.8 Å². The van der Waals surface area contributed by atoms with Crippen molar-refractivity contribution in [1.82, 2.24) is 0 Å². The highest BCUT2D eigenvalue weighted by molar-refractivity contribution is 9.10. The number of benzene rings is 1. The lowest BCUT2D eigenvalue weighted by molar-refractivity contribution is 0.987. The molecule has 0 bridgehead atoms. The van der Waals surface area contributed by atoms with Crippen LogP contribution in [0.4, 0.5) is 5.69 Å². The predicted octanol–water partition coefficient (Wildman–Crippen LogP) is 3.44. The molecule has 2 heteroatoms. The van der Waals surface area contributed by atoms with Crippen molar-refractivity contribution in [2.24, 2.45) is 0 Å². The maximum absolute atomic E-state index is 3.52. The molecule has 0 atom stereocenters. The van der Waals surface area contributed by atoms with Crippen molar-refractivity contribution < 1.29 is 0 Å². The largest absolute Gasteiger partial charge is 0.364 e. The lowest BCUT2D eigenvalue weighted by Gasteiger charge is -2.22. The molecule has 0 spiro atoms. The predicted molar refractivity (Wildman–Crippen MR) is 65.0 cm³/mol. The third-order valence-electron chi connectivity index (χ3n) is 2.59. The summed E-state index contributed by atoms with van der Waals surface area (Å²) in [5, 5.41) is 0. The maximum Gasteiger partial charge on any atom is 0.0432 e. The number of halogens is 1. The summed E-state index contributed by atoms with van der Waals surface area (Å²) in [5.41, 5.74) is 4.08. The first-order valence-corrected chi connectivity index (χ1v) is 5.64. The molecule has 0 aliphatic carbocycles. The van der Waals surface area contributed by atoms with E-state index in [2.05, 4.69) is 59.0 Å². The van der Waals surface area contributed by atoms with Gasteiger partial charge in [-0.2, -0.15) is 0 Å². The zero-order chi connectivity index (χ0) is 10.1. The summed E-state index contributed by atoms with van der Waals surface area (Å²) < 4.78 is 1.17. The number of anilines is 1. The molecule has 0 unspecified atom stereocenters. The van der Waals surface area contributed by atoms with Crippen LogP contribution in [0.15, 0.2) is 28.8 Å². The average molecular weight is 252 g/mol. The molecule has 1 aliphatic rings. The van der Waals surface area contributed by atoms with Crippen molar-refractivity contribution in [3.63, 3.8) is 0 Å². The fourth-order valence-electron chi connectivity index (χ4n) is 2.06. The van der Waals surface area contributed by atoms with Crippen molar-refractivity contribution >= 4 is 21.6 Å². The van der Waals surface area contributed by atoms with Crippen molar-refractivity contribution in [2.75, 3.05) is 18.0 Å². The summed E-state index contributed by atoms with van der Waals surface area (Å²) in [5.74, 6) is 0. The second-order valence-electron chi connectivity index (χ2n) is 3.76. The summed E-state index contributed by atoms with van der Waals surface area (Å²) in [4.78, 5) is 2.40. The standard InChI is InChI=1S/C12H14BrN/c1-9-7-11(13)8-10(2)12(9)14-5-3-4-6-14/h3-4,7-8H,5-6H2,1-2H3. The minimum Gasteiger partial charge on any atom is -0.364 e. The second-order valence-corrected chi connectivity index (χ2v) is 4.68. The van der Waals surface area contributed by atoms with Crippen molar-refractivity contribution in [1.29, 1.82) is 0 Å². The van der Waals surface area contributed by atoms with Gasteiger partial charge in [0, 0.05) is 23.2 Å². The van der Waals surface area contributed by atoms with Crippen LogP contribution in [0.1, 0.15) is 11.1 Å². The van der Waals surface area contributed by atoms with Gasteiger partial charge in [-0.05, 0) is 37.1 Å². The van der Waals surface area contributed by atoms with Crippen molar-refractivity contribution in [3.8, 4) is 0 Å². The van der Waals surface area contributed by atoms with Crippen LogP contribution in [-0.4, -0.2) is 13.1 Å². The van der Waals surface area contributed by atoms with Gasteiger partial charge in [-0.25, -0.2) is 0 Å². The zero-order valence-corrected chi connectivity index (χ0v) is 10.1. The first-order valence-electron chi connectivity index (χ1n) is 4.85. The summed E-state index contributed by atoms with van der Waals surface area (Å²) in [6.45, 7) is 6.43. The first kappa shape index (κ1) is 9.78. The van der Waals surface area contributed by atoms with Gasteiger partial charge in [-0.3, -0.25) is 0 Å². The van der Waals surface area contributed by atoms with Crippen LogP contribution in [0.25, 0.3) is 0 Å². The number of nitrogens with zero attached hydrogens (tertiary/aromatic N) is 1. The van der Waals surface area contributed by atoms with Crippen LogP contribution in [0.3, 0.4) is 0 Å². The summed E-state index contributed by atoms with van der Waals surface area (Å²) >= 11 is 3.52. The Balaban J connectivity index is 2.41. The smallest absolute Gasteiger partial charge is 0.0432 e. The molecule has 2 rings (SSSR count). The second kappa shape index (κ2) is 3.77. The number of rotatable bonds is 1. The van der Waals surface area contributed by atoms with Crippen molar-refractivity contribution in [3.05, 3.63) is 39.9 Å². The molecule has 1 nitrogen and oxygen atoms in total. The Morgan fingerprint density at radius 2 is 1.57 bits per heavy atom. The van der Waals surface area contributed by atoms with Crippen LogP contribution in [0.2, 0.25) is 0 Å². The first-order chi connectivity index (χ1) is 6.68. The van der Waals surface area contributed by atoms with Crippen LogP contribution < -0.4 is 4.90 Å². The molecule has 0 saturated carbocycles. The molecule has 0 aromatic heterocycles. The quantitative estimate of drug-likeness (QED) is 0.692. The molecule has 1 aliphatic heterocycles. The van der Waals surface area contributed by atoms with E-state index in [9.17, 15) is 0 Å². The fraction of sp³-hybridized carbons (Fsp3) is 0.333. The normalized spacial score (nSPS) is 15.2. The van der Waals surface area contributed by atoms with Crippen LogP contribution >= 0.6 is 15.9 Å². The van der Waals surface area contributed by atoms with E-state index in [1.807, 2.05) is 0 Å². The third-order valence-corrected chi connectivity index (χ3v) is 3.05. The number of hydrogen-bond donors (Lipinski definition) is 0. The zero-order valence-electron chi connectivity index (χ0n) is 8.55. The Hall–Kier alpha value is -0.760. The van der Waals surface area contributed by atoms with Gasteiger partial charge in [0.15, 0.2) is 0 Å². The van der Waals surface area contributed by atoms with Crippen LogP contribution in [0.5, 0.6) is 0 Å². The van der Waals surface area contributed by atoms with Gasteiger partial charge in [0.2, 0.25) is 0 Å². The van der Waals surface area contributed by atoms with E-state index >= 15 is 0 Å². The van der Waals surface area contributed by atoms with E-state index in [0.717, 1.165) is 13.1 Å². The lowest BCUT2D eigenvalue weighted by Crippen LogP contribution is -2.20. The highest BCUT2D eigenvalue weighted by Crippen LogP contribution is 2.29. The summed E-state index contributed by atoms with van der Waals surface area (Å²) in [7, 11) is 0. The Labute approximate surface area is 93.6 Å². The maximum atomic E-state index is 3.52. The summed E-state index contributed by atoms with van der Waals surface area (Å²) in [6.07, 6.45) is 4.45. The molecule has 1 aromatic carbocycles. The highest BCUT2D eigenvalue weighted by Gasteiger charge is 2.13. The molecule has 0 amide bonds. The molecule has 1 aromatic rings. The highest BCUT2D eigenvalue weighted by atomic mass is 79.9.